The highest BCUT2D eigenvalue weighted by Crippen LogP contribution is 2.25. The summed E-state index contributed by atoms with van der Waals surface area (Å²) in [6.45, 7) is 3.97. The molecule has 0 aliphatic rings. The van der Waals surface area contributed by atoms with Gasteiger partial charge in [-0.05, 0) is 31.3 Å². The lowest BCUT2D eigenvalue weighted by molar-refractivity contribution is 0.659. The van der Waals surface area contributed by atoms with E-state index in [9.17, 15) is 0 Å². The molecule has 6 nitrogen and oxygen atoms in total. The molecule has 3 rings (SSSR count). The molecule has 2 N–H and O–H groups in total. The zero-order chi connectivity index (χ0) is 18.5. The van der Waals surface area contributed by atoms with Gasteiger partial charge in [0.1, 0.15) is 0 Å². The second-order valence-corrected chi connectivity index (χ2v) is 6.83. The van der Waals surface area contributed by atoms with E-state index in [0.29, 0.717) is 34.1 Å². The third-order valence-corrected chi connectivity index (χ3v) is 4.68. The molecule has 0 aliphatic heterocycles. The Morgan fingerprint density at radius 2 is 1.96 bits per heavy atom. The van der Waals surface area contributed by atoms with E-state index in [1.54, 1.807) is 4.68 Å². The zero-order valence-electron chi connectivity index (χ0n) is 14.1. The smallest absolute Gasteiger partial charge is 0.172 e. The molecule has 0 saturated carbocycles. The molecule has 0 spiro atoms. The Balaban J connectivity index is 1.55. The Morgan fingerprint density at radius 1 is 1.19 bits per heavy atom. The van der Waals surface area contributed by atoms with Crippen LogP contribution in [0.1, 0.15) is 18.1 Å². The lowest BCUT2D eigenvalue weighted by atomic mass is 10.2. The van der Waals surface area contributed by atoms with Crippen molar-refractivity contribution in [1.29, 1.82) is 0 Å². The van der Waals surface area contributed by atoms with Crippen LogP contribution < -0.4 is 10.6 Å². The summed E-state index contributed by atoms with van der Waals surface area (Å²) >= 11 is 17.7. The average molecular weight is 409 g/mol. The molecule has 0 amide bonds. The van der Waals surface area contributed by atoms with Gasteiger partial charge in [0.05, 0.1) is 12.7 Å². The third kappa shape index (κ3) is 4.75. The van der Waals surface area contributed by atoms with Crippen molar-refractivity contribution in [3.05, 3.63) is 64.0 Å². The quantitative estimate of drug-likeness (QED) is 0.604. The maximum Gasteiger partial charge on any atom is 0.172 e. The van der Waals surface area contributed by atoms with Gasteiger partial charge in [-0.1, -0.05) is 29.3 Å². The van der Waals surface area contributed by atoms with Gasteiger partial charge < -0.3 is 10.6 Å². The molecule has 0 unspecified atom stereocenters. The molecular weight excluding hydrogens is 391 g/mol. The topological polar surface area (TPSA) is 59.7 Å². The number of aromatic nitrogens is 4. The van der Waals surface area contributed by atoms with Gasteiger partial charge in [0.15, 0.2) is 10.9 Å². The van der Waals surface area contributed by atoms with Gasteiger partial charge in [0.25, 0.3) is 0 Å². The number of aryl methyl sites for hydroxylation is 1. The Bertz CT molecular complexity index is 884. The van der Waals surface area contributed by atoms with Crippen LogP contribution >= 0.6 is 35.4 Å². The third-order valence-electron chi connectivity index (χ3n) is 3.73. The van der Waals surface area contributed by atoms with Gasteiger partial charge >= 0.3 is 0 Å². The number of benzene rings is 1. The van der Waals surface area contributed by atoms with Crippen molar-refractivity contribution in [2.75, 3.05) is 5.32 Å². The predicted molar refractivity (Wildman–Crippen MR) is 109 cm³/mol. The van der Waals surface area contributed by atoms with Crippen LogP contribution in [0.15, 0.2) is 42.9 Å². The summed E-state index contributed by atoms with van der Waals surface area (Å²) < 4.78 is 3.62. The molecule has 0 saturated heterocycles. The van der Waals surface area contributed by atoms with Crippen LogP contribution in [-0.2, 0) is 19.6 Å². The standard InChI is InChI=1S/C17H18Cl2N6S/c1-2-24-10-12(9-21-24)8-20-17(26)22-16-6-7-25(23-16)11-13-14(18)4-3-5-15(13)19/h3-7,9-10H,2,8,11H2,1H3,(H2,20,22,23,26). The summed E-state index contributed by atoms with van der Waals surface area (Å²) in [4.78, 5) is 0. The molecule has 2 heterocycles. The molecule has 2 aromatic heterocycles. The lowest BCUT2D eigenvalue weighted by Gasteiger charge is -2.08. The number of hydrogen-bond donors (Lipinski definition) is 2. The maximum atomic E-state index is 6.20. The molecule has 0 bridgehead atoms. The van der Waals surface area contributed by atoms with Gasteiger partial charge in [0.2, 0.25) is 0 Å². The highest BCUT2D eigenvalue weighted by atomic mass is 35.5. The van der Waals surface area contributed by atoms with Gasteiger partial charge in [-0.2, -0.15) is 10.2 Å². The number of nitrogens with one attached hydrogen (secondary N) is 2. The predicted octanol–water partition coefficient (Wildman–Crippen LogP) is 3.94. The van der Waals surface area contributed by atoms with Crippen molar-refractivity contribution in [3.8, 4) is 0 Å². The molecule has 1 aromatic carbocycles. The minimum absolute atomic E-state index is 0.483. The summed E-state index contributed by atoms with van der Waals surface area (Å²) in [5.74, 6) is 0.648. The van der Waals surface area contributed by atoms with Crippen molar-refractivity contribution >= 4 is 46.4 Å². The first-order valence-corrected chi connectivity index (χ1v) is 9.24. The first-order chi connectivity index (χ1) is 12.5. The van der Waals surface area contributed by atoms with E-state index in [4.69, 9.17) is 35.4 Å². The van der Waals surface area contributed by atoms with Crippen LogP contribution in [0, 0.1) is 0 Å². The van der Waals surface area contributed by atoms with Gasteiger partial charge in [-0.15, -0.1) is 0 Å². The van der Waals surface area contributed by atoms with Crippen molar-refractivity contribution in [2.45, 2.75) is 26.6 Å². The second kappa shape index (κ2) is 8.53. The van der Waals surface area contributed by atoms with Gasteiger partial charge in [-0.25, -0.2) is 0 Å². The molecular formula is C17H18Cl2N6S. The SMILES string of the molecule is CCn1cc(CNC(=S)Nc2ccn(Cc3c(Cl)cccc3Cl)n2)cn1. The van der Waals surface area contributed by atoms with E-state index >= 15 is 0 Å². The van der Waals surface area contributed by atoms with Crippen LogP contribution in [0.3, 0.4) is 0 Å². The molecule has 9 heteroatoms. The minimum Gasteiger partial charge on any atom is -0.358 e. The van der Waals surface area contributed by atoms with Crippen molar-refractivity contribution in [2.24, 2.45) is 0 Å². The van der Waals surface area contributed by atoms with Crippen molar-refractivity contribution < 1.29 is 0 Å². The van der Waals surface area contributed by atoms with Crippen LogP contribution in [0.2, 0.25) is 10.0 Å². The molecule has 0 fully saturated rings. The first-order valence-electron chi connectivity index (χ1n) is 8.07. The Morgan fingerprint density at radius 3 is 2.65 bits per heavy atom. The summed E-state index contributed by atoms with van der Waals surface area (Å²) in [6, 6.07) is 7.28. The molecule has 3 aromatic rings. The Kier molecular flexibility index (Phi) is 6.13. The number of thiocarbonyl (C=S) groups is 1. The largest absolute Gasteiger partial charge is 0.358 e. The van der Waals surface area contributed by atoms with E-state index in [-0.39, 0.29) is 0 Å². The molecule has 136 valence electrons. The van der Waals surface area contributed by atoms with Gasteiger partial charge in [0, 0.05) is 52.7 Å². The van der Waals surface area contributed by atoms with Crippen LogP contribution in [0.4, 0.5) is 5.82 Å². The lowest BCUT2D eigenvalue weighted by Crippen LogP contribution is -2.28. The van der Waals surface area contributed by atoms with Gasteiger partial charge in [-0.3, -0.25) is 9.36 Å². The molecule has 0 atom stereocenters. The fourth-order valence-electron chi connectivity index (χ4n) is 2.38. The zero-order valence-corrected chi connectivity index (χ0v) is 16.4. The number of nitrogens with zero attached hydrogens (tertiary/aromatic N) is 4. The van der Waals surface area contributed by atoms with Crippen LogP contribution in [-0.4, -0.2) is 24.7 Å². The monoisotopic (exact) mass is 408 g/mol. The number of anilines is 1. The summed E-state index contributed by atoms with van der Waals surface area (Å²) in [6.07, 6.45) is 5.65. The highest BCUT2D eigenvalue weighted by molar-refractivity contribution is 7.80. The van der Waals surface area contributed by atoms with Crippen LogP contribution in [0.5, 0.6) is 0 Å². The summed E-state index contributed by atoms with van der Waals surface area (Å²) in [5.41, 5.74) is 1.90. The molecule has 0 radical (unpaired) electrons. The van der Waals surface area contributed by atoms with Crippen LogP contribution in [0.25, 0.3) is 0 Å². The summed E-state index contributed by atoms with van der Waals surface area (Å²) in [7, 11) is 0. The number of halogens is 2. The Labute approximate surface area is 167 Å². The first kappa shape index (κ1) is 18.7. The number of hydrogen-bond acceptors (Lipinski definition) is 3. The molecule has 26 heavy (non-hydrogen) atoms. The van der Waals surface area contributed by atoms with Crippen molar-refractivity contribution in [1.82, 2.24) is 24.9 Å². The van der Waals surface area contributed by atoms with E-state index in [2.05, 4.69) is 20.8 Å². The van der Waals surface area contributed by atoms with E-state index in [0.717, 1.165) is 17.7 Å². The second-order valence-electron chi connectivity index (χ2n) is 5.61. The normalized spacial score (nSPS) is 10.7. The van der Waals surface area contributed by atoms with E-state index < -0.39 is 0 Å². The highest BCUT2D eigenvalue weighted by Gasteiger charge is 2.08. The van der Waals surface area contributed by atoms with Crippen molar-refractivity contribution in [3.63, 3.8) is 0 Å². The van der Waals surface area contributed by atoms with E-state index in [1.165, 1.54) is 0 Å². The minimum atomic E-state index is 0.483. The number of rotatable bonds is 6. The fraction of sp³-hybridized carbons (Fsp3) is 0.235. The van der Waals surface area contributed by atoms with E-state index in [1.807, 2.05) is 54.5 Å². The molecule has 0 aliphatic carbocycles. The Hall–Kier alpha value is -2.09. The summed E-state index contributed by atoms with van der Waals surface area (Å²) in [5, 5.41) is 16.6. The maximum absolute atomic E-state index is 6.20. The average Bonchev–Trinajstić information content (AvgIpc) is 3.25. The fourth-order valence-corrected chi connectivity index (χ4v) is 3.07.